The van der Waals surface area contributed by atoms with Gasteiger partial charge in [-0.3, -0.25) is 14.9 Å². The Balaban J connectivity index is 1.51. The van der Waals surface area contributed by atoms with Crippen LogP contribution < -0.4 is 15.4 Å². The van der Waals surface area contributed by atoms with Crippen LogP contribution >= 0.6 is 23.2 Å². The fraction of sp³-hybridized carbons (Fsp3) is 0.238. The number of non-ortho nitro benzene ring substituents is 1. The maximum Gasteiger partial charge on any atom is 0.292 e. The van der Waals surface area contributed by atoms with Crippen LogP contribution in [0.25, 0.3) is 5.69 Å². The minimum atomic E-state index is -0.413. The van der Waals surface area contributed by atoms with E-state index in [-0.39, 0.29) is 10.7 Å². The number of aromatic nitrogens is 2. The number of nitro benzene ring substituents is 1. The lowest BCUT2D eigenvalue weighted by atomic mass is 10.2. The van der Waals surface area contributed by atoms with E-state index in [1.54, 1.807) is 30.5 Å². The molecule has 0 bridgehead atoms. The number of benzene rings is 2. The molecule has 1 fully saturated rings. The second-order valence-electron chi connectivity index (χ2n) is 7.24. The number of anilines is 2. The highest BCUT2D eigenvalue weighted by molar-refractivity contribution is 6.33. The van der Waals surface area contributed by atoms with Crippen molar-refractivity contribution in [3.63, 3.8) is 0 Å². The van der Waals surface area contributed by atoms with Crippen LogP contribution in [-0.4, -0.2) is 40.9 Å². The van der Waals surface area contributed by atoms with E-state index in [9.17, 15) is 14.9 Å². The molecule has 1 aliphatic rings. The lowest BCUT2D eigenvalue weighted by Crippen LogP contribution is -2.47. The van der Waals surface area contributed by atoms with E-state index in [2.05, 4.69) is 10.00 Å². The van der Waals surface area contributed by atoms with E-state index in [1.807, 2.05) is 17.9 Å². The minimum absolute atomic E-state index is 0.0654. The number of hydrogen-bond acceptors (Lipinski definition) is 6. The molecule has 0 atom stereocenters. The monoisotopic (exact) mass is 459 g/mol. The quantitative estimate of drug-likeness (QED) is 0.431. The van der Waals surface area contributed by atoms with Crippen LogP contribution in [0.3, 0.4) is 0 Å². The fourth-order valence-electron chi connectivity index (χ4n) is 3.53. The Bertz CT molecular complexity index is 1190. The highest BCUT2D eigenvalue weighted by Crippen LogP contribution is 2.26. The van der Waals surface area contributed by atoms with Crippen molar-refractivity contribution >= 4 is 40.3 Å². The smallest absolute Gasteiger partial charge is 0.292 e. The average Bonchev–Trinajstić information content (AvgIpc) is 2.78. The molecule has 1 aromatic heterocycles. The molecule has 2 aromatic carbocycles. The van der Waals surface area contributed by atoms with Crippen LogP contribution in [0.4, 0.5) is 17.1 Å². The van der Waals surface area contributed by atoms with Gasteiger partial charge >= 0.3 is 0 Å². The summed E-state index contributed by atoms with van der Waals surface area (Å²) < 4.78 is 1.24. The van der Waals surface area contributed by atoms with E-state index < -0.39 is 10.5 Å². The van der Waals surface area contributed by atoms with Gasteiger partial charge in [0.05, 0.1) is 22.5 Å². The van der Waals surface area contributed by atoms with Gasteiger partial charge in [0.1, 0.15) is 5.02 Å². The maximum atomic E-state index is 12.8. The van der Waals surface area contributed by atoms with Gasteiger partial charge in [0.15, 0.2) is 0 Å². The van der Waals surface area contributed by atoms with E-state index >= 15 is 0 Å². The zero-order chi connectivity index (χ0) is 22.1. The molecule has 8 nitrogen and oxygen atoms in total. The van der Waals surface area contributed by atoms with Gasteiger partial charge in [0, 0.05) is 49.0 Å². The zero-order valence-electron chi connectivity index (χ0n) is 16.7. The molecule has 0 radical (unpaired) electrons. The average molecular weight is 460 g/mol. The zero-order valence-corrected chi connectivity index (χ0v) is 18.2. The van der Waals surface area contributed by atoms with Crippen molar-refractivity contribution in [1.82, 2.24) is 9.78 Å². The summed E-state index contributed by atoms with van der Waals surface area (Å²) in [4.78, 5) is 27.4. The van der Waals surface area contributed by atoms with Crippen LogP contribution in [0.1, 0.15) is 5.56 Å². The summed E-state index contributed by atoms with van der Waals surface area (Å²) in [6.45, 7) is 4.53. The van der Waals surface area contributed by atoms with E-state index in [4.69, 9.17) is 23.2 Å². The van der Waals surface area contributed by atoms with Gasteiger partial charge < -0.3 is 9.80 Å². The highest BCUT2D eigenvalue weighted by atomic mass is 35.5. The molecule has 0 aliphatic carbocycles. The van der Waals surface area contributed by atoms with E-state index in [1.165, 1.54) is 16.8 Å². The summed E-state index contributed by atoms with van der Waals surface area (Å²) in [6, 6.07) is 11.8. The molecule has 1 aliphatic heterocycles. The summed E-state index contributed by atoms with van der Waals surface area (Å²) >= 11 is 12.6. The second-order valence-corrected chi connectivity index (χ2v) is 8.03. The Labute approximate surface area is 188 Å². The molecule has 0 saturated carbocycles. The number of hydrogen-bond donors (Lipinski definition) is 0. The van der Waals surface area contributed by atoms with Crippen molar-refractivity contribution in [3.8, 4) is 5.69 Å². The number of nitro groups is 1. The molecule has 160 valence electrons. The first kappa shape index (κ1) is 21.1. The van der Waals surface area contributed by atoms with Crippen molar-refractivity contribution in [2.24, 2.45) is 0 Å². The SMILES string of the molecule is Cc1ccc(-n2ncc(N3CCN(c4ccc([N+](=O)[O-])cc4)CC3)c(Cl)c2=O)cc1Cl. The van der Waals surface area contributed by atoms with Crippen molar-refractivity contribution < 1.29 is 4.92 Å². The molecule has 0 amide bonds. The van der Waals surface area contributed by atoms with Crippen LogP contribution in [0, 0.1) is 17.0 Å². The van der Waals surface area contributed by atoms with Gasteiger partial charge in [-0.2, -0.15) is 9.78 Å². The molecule has 0 unspecified atom stereocenters. The largest absolute Gasteiger partial charge is 0.368 e. The third kappa shape index (κ3) is 4.22. The standard InChI is InChI=1S/C21H19Cl2N5O3/c1-14-2-3-17(12-18(14)22)27-21(29)20(23)19(13-24-27)26-10-8-25(9-11-26)15-4-6-16(7-5-15)28(30)31/h2-7,12-13H,8-11H2,1H3. The maximum absolute atomic E-state index is 12.8. The predicted molar refractivity (Wildman–Crippen MR) is 122 cm³/mol. The number of rotatable bonds is 4. The topological polar surface area (TPSA) is 84.5 Å². The van der Waals surface area contributed by atoms with Gasteiger partial charge in [-0.25, -0.2) is 0 Å². The summed E-state index contributed by atoms with van der Waals surface area (Å²) in [6.07, 6.45) is 1.60. The second kappa shape index (κ2) is 8.56. The van der Waals surface area contributed by atoms with Crippen LogP contribution in [0.15, 0.2) is 53.5 Å². The first-order valence-electron chi connectivity index (χ1n) is 9.64. The molecule has 1 saturated heterocycles. The first-order chi connectivity index (χ1) is 14.8. The summed E-state index contributed by atoms with van der Waals surface area (Å²) in [7, 11) is 0. The van der Waals surface area contributed by atoms with Crippen LogP contribution in [-0.2, 0) is 0 Å². The normalized spacial score (nSPS) is 14.0. The molecule has 0 N–H and O–H groups in total. The highest BCUT2D eigenvalue weighted by Gasteiger charge is 2.22. The minimum Gasteiger partial charge on any atom is -0.368 e. The van der Waals surface area contributed by atoms with E-state index in [0.29, 0.717) is 42.6 Å². The fourth-order valence-corrected chi connectivity index (χ4v) is 3.96. The third-order valence-corrected chi connectivity index (χ3v) is 6.11. The van der Waals surface area contributed by atoms with Crippen LogP contribution in [0.5, 0.6) is 0 Å². The number of piperazine rings is 1. The van der Waals surface area contributed by atoms with Gasteiger partial charge in [0.25, 0.3) is 11.2 Å². The molecule has 4 rings (SSSR count). The van der Waals surface area contributed by atoms with Crippen LogP contribution in [0.2, 0.25) is 10.0 Å². The first-order valence-corrected chi connectivity index (χ1v) is 10.4. The molecular weight excluding hydrogens is 441 g/mol. The summed E-state index contributed by atoms with van der Waals surface area (Å²) in [5.41, 5.74) is 2.63. The predicted octanol–water partition coefficient (Wildman–Crippen LogP) is 4.08. The molecular formula is C21H19Cl2N5O3. The molecule has 2 heterocycles. The van der Waals surface area contributed by atoms with Gasteiger partial charge in [-0.1, -0.05) is 29.3 Å². The van der Waals surface area contributed by atoms with Gasteiger partial charge in [0.2, 0.25) is 0 Å². The molecule has 3 aromatic rings. The molecule has 31 heavy (non-hydrogen) atoms. The Hall–Kier alpha value is -3.10. The van der Waals surface area contributed by atoms with Crippen molar-refractivity contribution in [2.45, 2.75) is 6.92 Å². The molecule has 0 spiro atoms. The third-order valence-electron chi connectivity index (χ3n) is 5.35. The summed E-state index contributed by atoms with van der Waals surface area (Å²) in [5.74, 6) is 0. The van der Waals surface area contributed by atoms with Gasteiger partial charge in [-0.05, 0) is 36.8 Å². The number of nitrogens with zero attached hydrogens (tertiary/aromatic N) is 5. The Morgan fingerprint density at radius 3 is 2.19 bits per heavy atom. The van der Waals surface area contributed by atoms with Gasteiger partial charge in [-0.15, -0.1) is 0 Å². The lowest BCUT2D eigenvalue weighted by molar-refractivity contribution is -0.384. The Morgan fingerprint density at radius 1 is 0.968 bits per heavy atom. The van der Waals surface area contributed by atoms with Crippen molar-refractivity contribution in [1.29, 1.82) is 0 Å². The Kier molecular flexibility index (Phi) is 5.84. The number of halogens is 2. The van der Waals surface area contributed by atoms with Crippen molar-refractivity contribution in [3.05, 3.63) is 84.7 Å². The number of aryl methyl sites for hydroxylation is 1. The lowest BCUT2D eigenvalue weighted by Gasteiger charge is -2.37. The van der Waals surface area contributed by atoms with E-state index in [0.717, 1.165) is 11.3 Å². The summed E-state index contributed by atoms with van der Waals surface area (Å²) in [5, 5.41) is 15.8. The van der Waals surface area contributed by atoms with Crippen molar-refractivity contribution in [2.75, 3.05) is 36.0 Å². The Morgan fingerprint density at radius 2 is 1.58 bits per heavy atom. The molecule has 10 heteroatoms.